The Balaban J connectivity index is 0.000000213. The molecule has 0 saturated heterocycles. The molecular weight excluding hydrogens is 523 g/mol. The van der Waals surface area contributed by atoms with Crippen LogP contribution in [-0.2, 0) is 0 Å². The molecule has 0 amide bonds. The van der Waals surface area contributed by atoms with Crippen LogP contribution in [0, 0.1) is 6.92 Å². The van der Waals surface area contributed by atoms with E-state index in [2.05, 4.69) is 9.97 Å². The minimum Gasteiger partial charge on any atom is -0.496 e. The van der Waals surface area contributed by atoms with Gasteiger partial charge >= 0.3 is 0 Å². The van der Waals surface area contributed by atoms with Gasteiger partial charge in [0.05, 0.1) is 19.8 Å². The van der Waals surface area contributed by atoms with Gasteiger partial charge < -0.3 is 14.6 Å². The van der Waals surface area contributed by atoms with Crippen molar-refractivity contribution in [1.29, 1.82) is 0 Å². The number of hydrogen-bond donors (Lipinski definition) is 1. The summed E-state index contributed by atoms with van der Waals surface area (Å²) in [5, 5.41) is 11.5. The first-order valence-corrected chi connectivity index (χ1v) is 11.7. The normalized spacial score (nSPS) is 10.6. The number of methoxy groups -OCH3 is 2. The van der Waals surface area contributed by atoms with E-state index in [1.807, 2.05) is 31.2 Å². The number of carbonyl (C=O) groups excluding carboxylic acids is 1. The summed E-state index contributed by atoms with van der Waals surface area (Å²) >= 11 is 17.0. The Bertz CT molecular complexity index is 1250. The SMILES string of the molecule is COc1ccccc1C(O)c1ccc(C)nc1Cl.COc1ccccc1C=O.Clc1cccc(Cl)n1. The average molecular weight is 548 g/mol. The number of pyridine rings is 2. The van der Waals surface area contributed by atoms with Crippen molar-refractivity contribution in [2.45, 2.75) is 13.0 Å². The molecular formula is C27H25Cl3N2O4. The van der Waals surface area contributed by atoms with Crippen molar-refractivity contribution in [2.75, 3.05) is 14.2 Å². The zero-order valence-corrected chi connectivity index (χ0v) is 22.1. The summed E-state index contributed by atoms with van der Waals surface area (Å²) in [6.45, 7) is 1.85. The van der Waals surface area contributed by atoms with Crippen LogP contribution in [0.2, 0.25) is 15.5 Å². The number of nitrogens with zero attached hydrogens (tertiary/aromatic N) is 2. The van der Waals surface area contributed by atoms with E-state index in [1.54, 1.807) is 68.8 Å². The number of aromatic nitrogens is 2. The van der Waals surface area contributed by atoms with Gasteiger partial charge in [0.15, 0.2) is 6.29 Å². The van der Waals surface area contributed by atoms with Crippen LogP contribution in [0.15, 0.2) is 78.9 Å². The van der Waals surface area contributed by atoms with Gasteiger partial charge in [0.2, 0.25) is 0 Å². The van der Waals surface area contributed by atoms with Gasteiger partial charge in [-0.15, -0.1) is 0 Å². The van der Waals surface area contributed by atoms with Crippen molar-refractivity contribution in [2.24, 2.45) is 0 Å². The summed E-state index contributed by atoms with van der Waals surface area (Å²) in [5.41, 5.74) is 2.65. The van der Waals surface area contributed by atoms with E-state index in [0.29, 0.717) is 43.6 Å². The van der Waals surface area contributed by atoms with Crippen LogP contribution in [0.5, 0.6) is 11.5 Å². The molecule has 0 saturated carbocycles. The number of ether oxygens (including phenoxy) is 2. The Labute approximate surface area is 225 Å². The Morgan fingerprint density at radius 3 is 1.83 bits per heavy atom. The number of aliphatic hydroxyl groups is 1. The topological polar surface area (TPSA) is 81.5 Å². The molecule has 0 spiro atoms. The van der Waals surface area contributed by atoms with Crippen LogP contribution < -0.4 is 9.47 Å². The van der Waals surface area contributed by atoms with Gasteiger partial charge in [-0.2, -0.15) is 0 Å². The predicted octanol–water partition coefficient (Wildman–Crippen LogP) is 7.03. The highest BCUT2D eigenvalue weighted by Gasteiger charge is 2.18. The van der Waals surface area contributed by atoms with Crippen LogP contribution in [0.3, 0.4) is 0 Å². The molecule has 0 aliphatic heterocycles. The monoisotopic (exact) mass is 546 g/mol. The lowest BCUT2D eigenvalue weighted by Gasteiger charge is -2.15. The number of halogens is 3. The standard InChI is InChI=1S/C14H14ClNO2.C8H8O2.C5H3Cl2N/c1-9-7-8-11(14(15)16-9)13(17)10-5-3-4-6-12(10)18-2;1-10-8-5-3-2-4-7(8)6-9;6-4-2-1-3-5(7)8-4/h3-8,13,17H,1-2H3;2-6H,1H3;1-3H. The summed E-state index contributed by atoms with van der Waals surface area (Å²) in [6, 6.07) is 23.1. The number of aliphatic hydroxyl groups excluding tert-OH is 1. The minimum atomic E-state index is -0.846. The molecule has 2 aromatic carbocycles. The number of carbonyl (C=O) groups is 1. The molecule has 0 fully saturated rings. The lowest BCUT2D eigenvalue weighted by molar-refractivity contribution is 0.112. The number of rotatable bonds is 5. The molecule has 0 radical (unpaired) electrons. The third-order valence-electron chi connectivity index (χ3n) is 4.69. The zero-order chi connectivity index (χ0) is 26.5. The van der Waals surface area contributed by atoms with Crippen LogP contribution in [0.4, 0.5) is 0 Å². The van der Waals surface area contributed by atoms with Crippen molar-refractivity contribution in [3.63, 3.8) is 0 Å². The van der Waals surface area contributed by atoms with E-state index in [4.69, 9.17) is 44.3 Å². The highest BCUT2D eigenvalue weighted by Crippen LogP contribution is 2.32. The number of benzene rings is 2. The van der Waals surface area contributed by atoms with E-state index >= 15 is 0 Å². The quantitative estimate of drug-likeness (QED) is 0.213. The molecule has 2 heterocycles. The first-order valence-electron chi connectivity index (χ1n) is 10.6. The third-order valence-corrected chi connectivity index (χ3v) is 5.42. The Hall–Kier alpha value is -3.16. The van der Waals surface area contributed by atoms with Crippen molar-refractivity contribution in [1.82, 2.24) is 9.97 Å². The maximum absolute atomic E-state index is 10.4. The molecule has 0 aliphatic carbocycles. The lowest BCUT2D eigenvalue weighted by atomic mass is 10.0. The van der Waals surface area contributed by atoms with E-state index < -0.39 is 6.10 Å². The van der Waals surface area contributed by atoms with E-state index in [0.717, 1.165) is 12.0 Å². The van der Waals surface area contributed by atoms with E-state index in [1.165, 1.54) is 0 Å². The molecule has 1 N–H and O–H groups in total. The first-order chi connectivity index (χ1) is 17.3. The first kappa shape index (κ1) is 29.1. The van der Waals surface area contributed by atoms with Crippen LogP contribution in [0.25, 0.3) is 0 Å². The Morgan fingerprint density at radius 2 is 1.33 bits per heavy atom. The second-order valence-electron chi connectivity index (χ2n) is 7.12. The highest BCUT2D eigenvalue weighted by molar-refractivity contribution is 6.32. The fourth-order valence-corrected chi connectivity index (χ4v) is 3.62. The van der Waals surface area contributed by atoms with Crippen molar-refractivity contribution >= 4 is 41.1 Å². The van der Waals surface area contributed by atoms with Gasteiger partial charge in [-0.05, 0) is 43.3 Å². The molecule has 2 aromatic heterocycles. The fraction of sp³-hybridized carbons (Fsp3) is 0.148. The zero-order valence-electron chi connectivity index (χ0n) is 19.9. The Morgan fingerprint density at radius 1 is 0.750 bits per heavy atom. The molecule has 6 nitrogen and oxygen atoms in total. The second-order valence-corrected chi connectivity index (χ2v) is 8.25. The van der Waals surface area contributed by atoms with Gasteiger partial charge in [-0.25, -0.2) is 9.97 Å². The smallest absolute Gasteiger partial charge is 0.153 e. The van der Waals surface area contributed by atoms with Crippen LogP contribution in [-0.4, -0.2) is 35.6 Å². The number of para-hydroxylation sites is 2. The minimum absolute atomic E-state index is 0.313. The number of aldehydes is 1. The van der Waals surface area contributed by atoms with E-state index in [-0.39, 0.29) is 0 Å². The maximum Gasteiger partial charge on any atom is 0.153 e. The fourth-order valence-electron chi connectivity index (χ4n) is 2.95. The second kappa shape index (κ2) is 15.1. The van der Waals surface area contributed by atoms with Crippen molar-refractivity contribution in [3.8, 4) is 11.5 Å². The summed E-state index contributed by atoms with van der Waals surface area (Å²) in [7, 11) is 3.11. The Kier molecular flexibility index (Phi) is 12.2. The highest BCUT2D eigenvalue weighted by atomic mass is 35.5. The van der Waals surface area contributed by atoms with Gasteiger partial charge in [-0.1, -0.05) is 77.3 Å². The van der Waals surface area contributed by atoms with Crippen LogP contribution >= 0.6 is 34.8 Å². The van der Waals surface area contributed by atoms with Gasteiger partial charge in [-0.3, -0.25) is 4.79 Å². The average Bonchev–Trinajstić information content (AvgIpc) is 2.89. The molecule has 4 aromatic rings. The summed E-state index contributed by atoms with van der Waals surface area (Å²) in [6.07, 6.45) is -0.0690. The van der Waals surface area contributed by atoms with Crippen LogP contribution in [0.1, 0.15) is 33.3 Å². The van der Waals surface area contributed by atoms with Gasteiger partial charge in [0, 0.05) is 16.8 Å². The third kappa shape index (κ3) is 8.81. The molecule has 36 heavy (non-hydrogen) atoms. The molecule has 0 aliphatic rings. The molecule has 188 valence electrons. The van der Waals surface area contributed by atoms with Gasteiger partial charge in [0.25, 0.3) is 0 Å². The largest absolute Gasteiger partial charge is 0.496 e. The summed E-state index contributed by atoms with van der Waals surface area (Å²) in [4.78, 5) is 18.2. The lowest BCUT2D eigenvalue weighted by Crippen LogP contribution is -2.04. The molecule has 4 rings (SSSR count). The van der Waals surface area contributed by atoms with Crippen molar-refractivity contribution < 1.29 is 19.4 Å². The van der Waals surface area contributed by atoms with Crippen molar-refractivity contribution in [3.05, 3.63) is 117 Å². The molecule has 1 atom stereocenters. The molecule has 9 heteroatoms. The summed E-state index contributed by atoms with van der Waals surface area (Å²) in [5.74, 6) is 1.25. The molecule has 1 unspecified atom stereocenters. The summed E-state index contributed by atoms with van der Waals surface area (Å²) < 4.78 is 10.1. The van der Waals surface area contributed by atoms with E-state index in [9.17, 15) is 9.90 Å². The maximum atomic E-state index is 10.4. The number of aryl methyl sites for hydroxylation is 1. The van der Waals surface area contributed by atoms with Gasteiger partial charge in [0.1, 0.15) is 33.1 Å². The molecule has 0 bridgehead atoms. The predicted molar refractivity (Wildman–Crippen MR) is 144 cm³/mol. The number of hydrogen-bond acceptors (Lipinski definition) is 6.